The molecule has 2 saturated carbocycles. The molecule has 0 spiro atoms. The number of phenolic OH excluding ortho intramolecular Hbond substituents is 3. The fourth-order valence-electron chi connectivity index (χ4n) is 7.33. The number of hydrogen-bond donors (Lipinski definition) is 5. The van der Waals surface area contributed by atoms with Gasteiger partial charge < -0.3 is 25.5 Å². The highest BCUT2D eigenvalue weighted by molar-refractivity contribution is 5.95. The number of rotatable bonds is 7. The van der Waals surface area contributed by atoms with Crippen molar-refractivity contribution in [1.82, 2.24) is 0 Å². The Kier molecular flexibility index (Phi) is 7.37. The van der Waals surface area contributed by atoms with Gasteiger partial charge in [0.05, 0.1) is 22.3 Å². The molecule has 0 aliphatic heterocycles. The van der Waals surface area contributed by atoms with E-state index in [4.69, 9.17) is 0 Å². The largest absolute Gasteiger partial charge is 0.507 e. The Hall–Kier alpha value is -2.12. The summed E-state index contributed by atoms with van der Waals surface area (Å²) in [4.78, 5) is 23.5. The molecular weight excluding hydrogens is 448 g/mol. The van der Waals surface area contributed by atoms with Gasteiger partial charge in [-0.2, -0.15) is 0 Å². The van der Waals surface area contributed by atoms with Gasteiger partial charge in [-0.05, 0) is 94.3 Å². The Morgan fingerprint density at radius 3 is 1.97 bits per heavy atom. The monoisotopic (exact) mass is 490 g/mol. The number of carbonyl (C=O) groups is 2. The zero-order valence-electron chi connectivity index (χ0n) is 21.8. The van der Waals surface area contributed by atoms with Crippen LogP contribution in [0.1, 0.15) is 112 Å². The first kappa shape index (κ1) is 27.5. The normalized spacial score (nSPS) is 32.2. The van der Waals surface area contributed by atoms with E-state index in [0.717, 1.165) is 12.8 Å². The summed E-state index contributed by atoms with van der Waals surface area (Å²) in [6.07, 6.45) is 4.53. The van der Waals surface area contributed by atoms with E-state index in [1.807, 2.05) is 34.6 Å². The van der Waals surface area contributed by atoms with Crippen LogP contribution < -0.4 is 0 Å². The lowest BCUT2D eigenvalue weighted by molar-refractivity contribution is -0.171. The quantitative estimate of drug-likeness (QED) is 0.343. The summed E-state index contributed by atoms with van der Waals surface area (Å²) in [5.74, 6) is -2.10. The van der Waals surface area contributed by atoms with Gasteiger partial charge in [-0.25, -0.2) is 0 Å². The number of phenols is 3. The van der Waals surface area contributed by atoms with Crippen LogP contribution in [0.3, 0.4) is 0 Å². The first-order valence-electron chi connectivity index (χ1n) is 12.8. The first-order valence-corrected chi connectivity index (χ1v) is 12.8. The minimum atomic E-state index is -0.932. The van der Waals surface area contributed by atoms with Gasteiger partial charge in [0.1, 0.15) is 17.2 Å². The van der Waals surface area contributed by atoms with Crippen molar-refractivity contribution in [3.05, 3.63) is 16.7 Å². The summed E-state index contributed by atoms with van der Waals surface area (Å²) in [5.41, 5.74) is -2.85. The summed E-state index contributed by atoms with van der Waals surface area (Å²) in [6, 6.07) is 0. The average molecular weight is 491 g/mol. The van der Waals surface area contributed by atoms with Crippen LogP contribution in [0.25, 0.3) is 0 Å². The molecule has 0 saturated heterocycles. The molecule has 2 fully saturated rings. The number of aldehydes is 2. The average Bonchev–Trinajstić information content (AvgIpc) is 2.72. The summed E-state index contributed by atoms with van der Waals surface area (Å²) in [6.45, 7) is 11.7. The van der Waals surface area contributed by atoms with E-state index in [1.54, 1.807) is 0 Å². The number of hydrogen-bond acceptors (Lipinski definition) is 7. The standard InChI is InChI=1S/C28H42O7/c1-15(2)11-17(22-24(32)18(13-29)23(31)19(14-30)25(22)33)20-8-10-28(6,35)21-12-16(26(3,4)34)7-9-27(20,21)5/h13-17,20-21,31-35H,7-12H2,1-6H3/t16-,17-,20?,21-,27+,28-/m1/s1. The third-order valence-electron chi connectivity index (χ3n) is 9.25. The predicted octanol–water partition coefficient (Wildman–Crippen LogP) is 4.91. The van der Waals surface area contributed by atoms with Crippen LogP contribution in [0.15, 0.2) is 0 Å². The third kappa shape index (κ3) is 4.69. The van der Waals surface area contributed by atoms with Gasteiger partial charge in [0.25, 0.3) is 0 Å². The topological polar surface area (TPSA) is 135 Å². The van der Waals surface area contributed by atoms with Crippen molar-refractivity contribution in [1.29, 1.82) is 0 Å². The molecule has 0 amide bonds. The first-order chi connectivity index (χ1) is 16.1. The molecule has 196 valence electrons. The molecule has 5 N–H and O–H groups in total. The van der Waals surface area contributed by atoms with Crippen molar-refractivity contribution in [2.75, 3.05) is 0 Å². The molecule has 6 atom stereocenters. The molecular formula is C28H42O7. The van der Waals surface area contributed by atoms with Crippen LogP contribution in [0, 0.1) is 29.1 Å². The van der Waals surface area contributed by atoms with Crippen LogP contribution in [-0.4, -0.2) is 49.3 Å². The minimum absolute atomic E-state index is 0.0353. The summed E-state index contributed by atoms with van der Waals surface area (Å²) in [5, 5.41) is 54.7. The Morgan fingerprint density at radius 2 is 1.51 bits per heavy atom. The minimum Gasteiger partial charge on any atom is -0.507 e. The molecule has 7 nitrogen and oxygen atoms in total. The van der Waals surface area contributed by atoms with Crippen molar-refractivity contribution >= 4 is 12.6 Å². The highest BCUT2D eigenvalue weighted by Crippen LogP contribution is 2.64. The highest BCUT2D eigenvalue weighted by Gasteiger charge is 2.58. The number of aliphatic hydroxyl groups is 2. The number of carbonyl (C=O) groups excluding carboxylic acids is 2. The van der Waals surface area contributed by atoms with Gasteiger partial charge in [0.2, 0.25) is 0 Å². The molecule has 7 heteroatoms. The molecule has 0 aromatic heterocycles. The maximum atomic E-state index is 11.7. The second-order valence-corrected chi connectivity index (χ2v) is 12.4. The van der Waals surface area contributed by atoms with Gasteiger partial charge in [-0.15, -0.1) is 0 Å². The number of fused-ring (bicyclic) bond motifs is 1. The van der Waals surface area contributed by atoms with Gasteiger partial charge in [-0.3, -0.25) is 9.59 Å². The van der Waals surface area contributed by atoms with Crippen molar-refractivity contribution < 1.29 is 35.1 Å². The molecule has 3 rings (SSSR count). The Labute approximate surface area is 208 Å². The SMILES string of the molecule is CC(C)C[C@@H](c1c(O)c(C=O)c(O)c(C=O)c1O)C1CC[C@@](C)(O)[C@@H]2C[C@H](C(C)(C)O)CC[C@@]12C. The lowest BCUT2D eigenvalue weighted by atomic mass is 9.46. The van der Waals surface area contributed by atoms with Crippen LogP contribution in [0.2, 0.25) is 0 Å². The molecule has 2 aliphatic carbocycles. The van der Waals surface area contributed by atoms with E-state index in [0.29, 0.717) is 38.3 Å². The zero-order valence-corrected chi connectivity index (χ0v) is 21.8. The molecule has 1 unspecified atom stereocenters. The zero-order chi connectivity index (χ0) is 26.5. The number of aromatic hydroxyl groups is 3. The van der Waals surface area contributed by atoms with Crippen LogP contribution in [-0.2, 0) is 0 Å². The fourth-order valence-corrected chi connectivity index (χ4v) is 7.33. The summed E-state index contributed by atoms with van der Waals surface area (Å²) >= 11 is 0. The summed E-state index contributed by atoms with van der Waals surface area (Å²) in [7, 11) is 0. The van der Waals surface area contributed by atoms with E-state index < -0.39 is 45.5 Å². The third-order valence-corrected chi connectivity index (χ3v) is 9.25. The molecule has 35 heavy (non-hydrogen) atoms. The van der Waals surface area contributed by atoms with E-state index >= 15 is 0 Å². The van der Waals surface area contributed by atoms with Gasteiger partial charge in [-0.1, -0.05) is 20.8 Å². The van der Waals surface area contributed by atoms with E-state index in [1.165, 1.54) is 0 Å². The molecule has 1 aromatic rings. The van der Waals surface area contributed by atoms with Crippen molar-refractivity contribution in [2.24, 2.45) is 29.1 Å². The van der Waals surface area contributed by atoms with Crippen LogP contribution in [0.5, 0.6) is 17.2 Å². The van der Waals surface area contributed by atoms with E-state index in [-0.39, 0.29) is 34.7 Å². The molecule has 1 aromatic carbocycles. The lowest BCUT2D eigenvalue weighted by Crippen LogP contribution is -2.57. The van der Waals surface area contributed by atoms with Crippen molar-refractivity contribution in [3.8, 4) is 17.2 Å². The highest BCUT2D eigenvalue weighted by atomic mass is 16.3. The molecule has 0 bridgehead atoms. The summed E-state index contributed by atoms with van der Waals surface area (Å²) < 4.78 is 0. The maximum Gasteiger partial charge on any atom is 0.157 e. The van der Waals surface area contributed by atoms with Crippen LogP contribution >= 0.6 is 0 Å². The van der Waals surface area contributed by atoms with E-state index in [2.05, 4.69) is 6.92 Å². The Balaban J connectivity index is 2.20. The maximum absolute atomic E-state index is 11.7. The Bertz CT molecular complexity index is 939. The molecule has 0 heterocycles. The van der Waals surface area contributed by atoms with Crippen molar-refractivity contribution in [2.45, 2.75) is 97.2 Å². The second kappa shape index (κ2) is 9.40. The number of benzene rings is 1. The molecule has 2 aliphatic rings. The van der Waals surface area contributed by atoms with Gasteiger partial charge in [0.15, 0.2) is 12.6 Å². The fraction of sp³-hybridized carbons (Fsp3) is 0.714. The van der Waals surface area contributed by atoms with E-state index in [9.17, 15) is 35.1 Å². The van der Waals surface area contributed by atoms with Crippen molar-refractivity contribution in [3.63, 3.8) is 0 Å². The van der Waals surface area contributed by atoms with Gasteiger partial charge >= 0.3 is 0 Å². The van der Waals surface area contributed by atoms with Crippen LogP contribution in [0.4, 0.5) is 0 Å². The predicted molar refractivity (Wildman–Crippen MR) is 133 cm³/mol. The molecule has 0 radical (unpaired) electrons. The van der Waals surface area contributed by atoms with Gasteiger partial charge in [0, 0.05) is 5.56 Å². The second-order valence-electron chi connectivity index (χ2n) is 12.4. The smallest absolute Gasteiger partial charge is 0.157 e. The lowest BCUT2D eigenvalue weighted by Gasteiger charge is -2.60. The Morgan fingerprint density at radius 1 is 0.971 bits per heavy atom.